The molecule has 0 aliphatic rings. The van der Waals surface area contributed by atoms with Crippen LogP contribution in [0.3, 0.4) is 0 Å². The van der Waals surface area contributed by atoms with E-state index in [4.69, 9.17) is 0 Å². The van der Waals surface area contributed by atoms with E-state index >= 15 is 0 Å². The number of nitrogens with one attached hydrogen (secondary N) is 1. The molecule has 2 rings (SSSR count). The normalized spacial score (nSPS) is 11.1. The van der Waals surface area contributed by atoms with Crippen LogP contribution in [0.5, 0.6) is 0 Å². The third kappa shape index (κ3) is 2.67. The summed E-state index contributed by atoms with van der Waals surface area (Å²) in [5, 5.41) is 10.9. The van der Waals surface area contributed by atoms with Gasteiger partial charge in [-0.1, -0.05) is 0 Å². The Balaban J connectivity index is 2.18. The van der Waals surface area contributed by atoms with Gasteiger partial charge < -0.3 is 0 Å². The number of hydrogen-bond acceptors (Lipinski definition) is 4. The largest absolute Gasteiger partial charge is 0.288 e. The Morgan fingerprint density at radius 2 is 2.11 bits per heavy atom. The van der Waals surface area contributed by atoms with Gasteiger partial charge in [0.05, 0.1) is 10.2 Å². The number of rotatable bonds is 3. The molecule has 0 fully saturated rings. The molecule has 1 N–H and O–H groups in total. The summed E-state index contributed by atoms with van der Waals surface area (Å²) in [5.41, 5.74) is 1.20. The standard InChI is InChI=1S/C11H15BrN6O/c1-6(2)18-5-13-11(16-18)14-10(19)9-8(12)7(3)17(4)15-9/h5-6H,1-4H3,(H,14,16,19). The molecule has 0 aliphatic carbocycles. The minimum Gasteiger partial charge on any atom is -0.288 e. The predicted molar refractivity (Wildman–Crippen MR) is 74.0 cm³/mol. The average molecular weight is 327 g/mol. The van der Waals surface area contributed by atoms with Gasteiger partial charge in [0.1, 0.15) is 6.33 Å². The molecule has 0 atom stereocenters. The topological polar surface area (TPSA) is 77.6 Å². The fraction of sp³-hybridized carbons (Fsp3) is 0.455. The van der Waals surface area contributed by atoms with Crippen LogP contribution < -0.4 is 5.32 Å². The predicted octanol–water partition coefficient (Wildman–Crippen LogP) is 1.92. The molecule has 0 unspecified atom stereocenters. The van der Waals surface area contributed by atoms with Gasteiger partial charge in [0.2, 0.25) is 5.95 Å². The molecule has 2 heterocycles. The molecular formula is C11H15BrN6O. The lowest BCUT2D eigenvalue weighted by Gasteiger charge is -2.02. The van der Waals surface area contributed by atoms with Crippen molar-refractivity contribution < 1.29 is 4.79 Å². The van der Waals surface area contributed by atoms with Crippen molar-refractivity contribution in [3.63, 3.8) is 0 Å². The van der Waals surface area contributed by atoms with E-state index in [-0.39, 0.29) is 17.9 Å². The van der Waals surface area contributed by atoms with Gasteiger partial charge in [0, 0.05) is 13.1 Å². The number of carbonyl (C=O) groups is 1. The average Bonchev–Trinajstić information content (AvgIpc) is 2.90. The summed E-state index contributed by atoms with van der Waals surface area (Å²) >= 11 is 3.35. The van der Waals surface area contributed by atoms with Crippen molar-refractivity contribution in [1.29, 1.82) is 0 Å². The molecule has 19 heavy (non-hydrogen) atoms. The molecule has 0 spiro atoms. The molecule has 0 aromatic carbocycles. The number of halogens is 1. The molecule has 7 nitrogen and oxygen atoms in total. The van der Waals surface area contributed by atoms with E-state index in [2.05, 4.69) is 36.4 Å². The monoisotopic (exact) mass is 326 g/mol. The Kier molecular flexibility index (Phi) is 3.70. The third-order valence-corrected chi connectivity index (χ3v) is 3.69. The quantitative estimate of drug-likeness (QED) is 0.934. The molecule has 102 valence electrons. The van der Waals surface area contributed by atoms with Crippen molar-refractivity contribution in [1.82, 2.24) is 24.5 Å². The summed E-state index contributed by atoms with van der Waals surface area (Å²) < 4.78 is 3.99. The van der Waals surface area contributed by atoms with Crippen LogP contribution in [0.1, 0.15) is 36.1 Å². The molecule has 0 bridgehead atoms. The van der Waals surface area contributed by atoms with E-state index in [1.54, 1.807) is 22.7 Å². The number of aromatic nitrogens is 5. The zero-order valence-corrected chi connectivity index (χ0v) is 12.8. The van der Waals surface area contributed by atoms with Crippen molar-refractivity contribution in [3.8, 4) is 0 Å². The van der Waals surface area contributed by atoms with Crippen LogP contribution in [0.25, 0.3) is 0 Å². The molecule has 8 heteroatoms. The second kappa shape index (κ2) is 5.12. The van der Waals surface area contributed by atoms with E-state index < -0.39 is 0 Å². The van der Waals surface area contributed by atoms with E-state index in [0.29, 0.717) is 10.2 Å². The van der Waals surface area contributed by atoms with Crippen LogP contribution in [0.2, 0.25) is 0 Å². The summed E-state index contributed by atoms with van der Waals surface area (Å²) in [6, 6.07) is 0.196. The Labute approximate surface area is 119 Å². The van der Waals surface area contributed by atoms with Gasteiger partial charge in [-0.25, -0.2) is 9.67 Å². The maximum Gasteiger partial charge on any atom is 0.279 e. The molecule has 0 saturated carbocycles. The summed E-state index contributed by atoms with van der Waals surface area (Å²) in [6.07, 6.45) is 1.58. The first kappa shape index (κ1) is 13.7. The molecular weight excluding hydrogens is 312 g/mol. The molecule has 2 aromatic rings. The van der Waals surface area contributed by atoms with Gasteiger partial charge in [0.15, 0.2) is 5.69 Å². The Morgan fingerprint density at radius 3 is 2.58 bits per heavy atom. The fourth-order valence-corrected chi connectivity index (χ4v) is 1.99. The highest BCUT2D eigenvalue weighted by atomic mass is 79.9. The molecule has 1 amide bonds. The minimum absolute atomic E-state index is 0.196. The van der Waals surface area contributed by atoms with Crippen molar-refractivity contribution in [2.24, 2.45) is 7.05 Å². The number of carbonyl (C=O) groups excluding carboxylic acids is 1. The number of aryl methyl sites for hydroxylation is 1. The van der Waals surface area contributed by atoms with Crippen LogP contribution in [0, 0.1) is 6.92 Å². The Morgan fingerprint density at radius 1 is 1.42 bits per heavy atom. The Bertz CT molecular complexity index is 615. The first-order valence-corrected chi connectivity index (χ1v) is 6.61. The highest BCUT2D eigenvalue weighted by molar-refractivity contribution is 9.10. The third-order valence-electron chi connectivity index (χ3n) is 2.74. The first-order chi connectivity index (χ1) is 8.90. The number of anilines is 1. The SMILES string of the molecule is Cc1c(Br)c(C(=O)Nc2ncn(C(C)C)n2)nn1C. The van der Waals surface area contributed by atoms with Crippen LogP contribution >= 0.6 is 15.9 Å². The summed E-state index contributed by atoms with van der Waals surface area (Å²) in [4.78, 5) is 16.1. The minimum atomic E-state index is -0.336. The highest BCUT2D eigenvalue weighted by Gasteiger charge is 2.19. The second-order valence-electron chi connectivity index (χ2n) is 4.47. The van der Waals surface area contributed by atoms with Crippen LogP contribution in [0.4, 0.5) is 5.95 Å². The molecule has 0 radical (unpaired) electrons. The van der Waals surface area contributed by atoms with Crippen molar-refractivity contribution in [2.45, 2.75) is 26.8 Å². The number of hydrogen-bond donors (Lipinski definition) is 1. The maximum atomic E-state index is 12.1. The second-order valence-corrected chi connectivity index (χ2v) is 5.26. The van der Waals surface area contributed by atoms with Gasteiger partial charge in [0.25, 0.3) is 5.91 Å². The number of amides is 1. The van der Waals surface area contributed by atoms with Crippen LogP contribution in [-0.2, 0) is 7.05 Å². The van der Waals surface area contributed by atoms with Crippen molar-refractivity contribution in [2.75, 3.05) is 5.32 Å². The van der Waals surface area contributed by atoms with Crippen LogP contribution in [0.15, 0.2) is 10.8 Å². The summed E-state index contributed by atoms with van der Waals surface area (Å²) in [7, 11) is 1.78. The van der Waals surface area contributed by atoms with Gasteiger partial charge in [-0.3, -0.25) is 14.8 Å². The summed E-state index contributed by atoms with van der Waals surface area (Å²) in [6.45, 7) is 5.84. The zero-order chi connectivity index (χ0) is 14.2. The molecule has 0 saturated heterocycles. The van der Waals surface area contributed by atoms with E-state index in [1.807, 2.05) is 20.8 Å². The van der Waals surface area contributed by atoms with E-state index in [1.165, 1.54) is 0 Å². The Hall–Kier alpha value is -1.70. The fourth-order valence-electron chi connectivity index (χ4n) is 1.47. The smallest absolute Gasteiger partial charge is 0.279 e. The van der Waals surface area contributed by atoms with E-state index in [0.717, 1.165) is 5.69 Å². The van der Waals surface area contributed by atoms with Gasteiger partial charge in [-0.05, 0) is 36.7 Å². The highest BCUT2D eigenvalue weighted by Crippen LogP contribution is 2.20. The van der Waals surface area contributed by atoms with Gasteiger partial charge in [-0.2, -0.15) is 5.10 Å². The van der Waals surface area contributed by atoms with Crippen molar-refractivity contribution >= 4 is 27.8 Å². The molecule has 2 aromatic heterocycles. The zero-order valence-electron chi connectivity index (χ0n) is 11.2. The maximum absolute atomic E-state index is 12.1. The first-order valence-electron chi connectivity index (χ1n) is 5.81. The van der Waals surface area contributed by atoms with Gasteiger partial charge >= 0.3 is 0 Å². The lowest BCUT2D eigenvalue weighted by Crippen LogP contribution is -2.15. The van der Waals surface area contributed by atoms with Crippen LogP contribution in [-0.4, -0.2) is 30.5 Å². The van der Waals surface area contributed by atoms with Crippen molar-refractivity contribution in [3.05, 3.63) is 22.2 Å². The summed E-state index contributed by atoms with van der Waals surface area (Å²) in [5.74, 6) is -0.0639. The van der Waals surface area contributed by atoms with Gasteiger partial charge in [-0.15, -0.1) is 5.10 Å². The molecule has 0 aliphatic heterocycles. The lowest BCUT2D eigenvalue weighted by molar-refractivity contribution is 0.102. The lowest BCUT2D eigenvalue weighted by atomic mass is 10.3. The number of nitrogens with zero attached hydrogens (tertiary/aromatic N) is 5. The van der Waals surface area contributed by atoms with E-state index in [9.17, 15) is 4.79 Å².